The largest absolute Gasteiger partial charge is 0.207 e. The molecule has 0 unspecified atom stereocenters. The van der Waals surface area contributed by atoms with E-state index in [4.69, 9.17) is 0 Å². The molecule has 0 radical (unpaired) electrons. The number of hydrogen-bond donors (Lipinski definition) is 0. The normalized spacial score (nSPS) is 36.6. The second-order valence-corrected chi connectivity index (χ2v) is 5.31. The topological polar surface area (TPSA) is 0 Å². The third-order valence-electron chi connectivity index (χ3n) is 4.17. The molecule has 2 bridgehead atoms. The van der Waals surface area contributed by atoms with Crippen LogP contribution in [0.1, 0.15) is 31.2 Å². The molecule has 3 fully saturated rings. The summed E-state index contributed by atoms with van der Waals surface area (Å²) < 4.78 is 12.8. The Morgan fingerprint density at radius 3 is 2.33 bits per heavy atom. The molecule has 78 valence electrons. The van der Waals surface area contributed by atoms with Crippen molar-refractivity contribution in [3.8, 4) is 0 Å². The minimum Gasteiger partial charge on any atom is -0.207 e. The molecule has 1 aromatic carbocycles. The fourth-order valence-electron chi connectivity index (χ4n) is 3.63. The van der Waals surface area contributed by atoms with Crippen LogP contribution in [0.2, 0.25) is 0 Å². The van der Waals surface area contributed by atoms with Crippen LogP contribution in [0.4, 0.5) is 4.39 Å². The summed E-state index contributed by atoms with van der Waals surface area (Å²) in [6.07, 6.45) is 7.01. The lowest BCUT2D eigenvalue weighted by Crippen LogP contribution is -2.64. The molecule has 0 heterocycles. The van der Waals surface area contributed by atoms with Gasteiger partial charge in [-0.2, -0.15) is 0 Å². The number of halogens is 1. The van der Waals surface area contributed by atoms with Crippen molar-refractivity contribution >= 4 is 0 Å². The summed E-state index contributed by atoms with van der Waals surface area (Å²) in [5.74, 6) is -0.133. The van der Waals surface area contributed by atoms with Crippen LogP contribution in [-0.2, 0) is 5.41 Å². The maximum absolute atomic E-state index is 12.8. The first-order valence-corrected chi connectivity index (χ1v) is 5.55. The van der Waals surface area contributed by atoms with Crippen LogP contribution in [0.5, 0.6) is 0 Å². The lowest BCUT2D eigenvalue weighted by atomic mass is 9.33. The molecule has 3 aliphatic rings. The Hall–Kier alpha value is -1.11. The molecule has 3 saturated carbocycles. The molecule has 0 spiro atoms. The SMILES string of the molecule is C=CCC12CC(c3ccc(F)cc3)(C1)C2. The lowest BCUT2D eigenvalue weighted by Gasteiger charge is -2.71. The molecule has 0 amide bonds. The van der Waals surface area contributed by atoms with Crippen molar-refractivity contribution < 1.29 is 4.39 Å². The molecule has 0 saturated heterocycles. The van der Waals surface area contributed by atoms with Gasteiger partial charge in [0.15, 0.2) is 0 Å². The van der Waals surface area contributed by atoms with Crippen molar-refractivity contribution in [2.75, 3.05) is 0 Å². The Labute approximate surface area is 89.8 Å². The van der Waals surface area contributed by atoms with Crippen molar-refractivity contribution in [1.82, 2.24) is 0 Å². The Kier molecular flexibility index (Phi) is 1.66. The van der Waals surface area contributed by atoms with Gasteiger partial charge in [0.2, 0.25) is 0 Å². The van der Waals surface area contributed by atoms with Crippen molar-refractivity contribution in [3.63, 3.8) is 0 Å². The quantitative estimate of drug-likeness (QED) is 0.653. The van der Waals surface area contributed by atoms with Gasteiger partial charge in [-0.15, -0.1) is 6.58 Å². The van der Waals surface area contributed by atoms with Crippen molar-refractivity contribution in [3.05, 3.63) is 48.3 Å². The van der Waals surface area contributed by atoms with E-state index in [-0.39, 0.29) is 5.82 Å². The van der Waals surface area contributed by atoms with Gasteiger partial charge in [-0.05, 0) is 54.2 Å². The molecule has 3 aliphatic carbocycles. The molecule has 15 heavy (non-hydrogen) atoms. The van der Waals surface area contributed by atoms with Gasteiger partial charge in [0.25, 0.3) is 0 Å². The highest BCUT2D eigenvalue weighted by molar-refractivity contribution is 5.38. The van der Waals surface area contributed by atoms with E-state index < -0.39 is 0 Å². The first-order valence-electron chi connectivity index (χ1n) is 5.55. The fraction of sp³-hybridized carbons (Fsp3) is 0.429. The predicted octanol–water partition coefficient (Wildman–Crippen LogP) is 3.82. The van der Waals surface area contributed by atoms with Gasteiger partial charge >= 0.3 is 0 Å². The Bertz CT molecular complexity index is 382. The minimum absolute atomic E-state index is 0.133. The molecule has 1 heteroatoms. The summed E-state index contributed by atoms with van der Waals surface area (Å²) >= 11 is 0. The monoisotopic (exact) mass is 202 g/mol. The van der Waals surface area contributed by atoms with Crippen LogP contribution in [0.15, 0.2) is 36.9 Å². The highest BCUT2D eigenvalue weighted by atomic mass is 19.1. The van der Waals surface area contributed by atoms with Gasteiger partial charge in [0.1, 0.15) is 5.82 Å². The summed E-state index contributed by atoms with van der Waals surface area (Å²) in [6, 6.07) is 7.06. The van der Waals surface area contributed by atoms with Crippen LogP contribution in [0.25, 0.3) is 0 Å². The van der Waals surface area contributed by atoms with Crippen LogP contribution in [0, 0.1) is 11.2 Å². The molecule has 0 nitrogen and oxygen atoms in total. The summed E-state index contributed by atoms with van der Waals surface area (Å²) in [4.78, 5) is 0. The third-order valence-corrected chi connectivity index (χ3v) is 4.17. The van der Waals surface area contributed by atoms with Gasteiger partial charge in [-0.1, -0.05) is 18.2 Å². The Balaban J connectivity index is 1.78. The summed E-state index contributed by atoms with van der Waals surface area (Å²) in [5, 5.41) is 0. The van der Waals surface area contributed by atoms with Gasteiger partial charge in [0, 0.05) is 0 Å². The molecule has 0 aliphatic heterocycles. The van der Waals surface area contributed by atoms with E-state index in [2.05, 4.69) is 6.58 Å². The van der Waals surface area contributed by atoms with E-state index in [9.17, 15) is 4.39 Å². The van der Waals surface area contributed by atoms with Crippen LogP contribution < -0.4 is 0 Å². The van der Waals surface area contributed by atoms with Crippen LogP contribution in [-0.4, -0.2) is 0 Å². The molecule has 0 atom stereocenters. The molecular weight excluding hydrogens is 187 g/mol. The van der Waals surface area contributed by atoms with Crippen LogP contribution in [0.3, 0.4) is 0 Å². The van der Waals surface area contributed by atoms with E-state index in [1.807, 2.05) is 18.2 Å². The third kappa shape index (κ3) is 1.12. The fourth-order valence-corrected chi connectivity index (χ4v) is 3.63. The zero-order valence-electron chi connectivity index (χ0n) is 8.80. The Morgan fingerprint density at radius 2 is 1.80 bits per heavy atom. The molecular formula is C14H15F. The van der Waals surface area contributed by atoms with Gasteiger partial charge < -0.3 is 0 Å². The molecule has 0 aromatic heterocycles. The summed E-state index contributed by atoms with van der Waals surface area (Å²) in [5.41, 5.74) is 2.29. The van der Waals surface area contributed by atoms with E-state index in [1.165, 1.54) is 24.8 Å². The number of hydrogen-bond acceptors (Lipinski definition) is 0. The van der Waals surface area contributed by atoms with Gasteiger partial charge in [-0.25, -0.2) is 4.39 Å². The van der Waals surface area contributed by atoms with E-state index in [0.717, 1.165) is 6.42 Å². The first-order chi connectivity index (χ1) is 7.18. The highest BCUT2D eigenvalue weighted by Gasteiger charge is 2.67. The number of allylic oxidation sites excluding steroid dienone is 1. The zero-order valence-corrected chi connectivity index (χ0v) is 8.80. The second kappa shape index (κ2) is 2.72. The number of rotatable bonds is 3. The van der Waals surface area contributed by atoms with Crippen molar-refractivity contribution in [2.45, 2.75) is 31.1 Å². The second-order valence-electron chi connectivity index (χ2n) is 5.31. The van der Waals surface area contributed by atoms with Gasteiger partial charge in [0.05, 0.1) is 0 Å². The predicted molar refractivity (Wildman–Crippen MR) is 59.2 cm³/mol. The molecule has 0 N–H and O–H groups in total. The minimum atomic E-state index is -0.133. The van der Waals surface area contributed by atoms with Crippen molar-refractivity contribution in [2.24, 2.45) is 5.41 Å². The number of benzene rings is 1. The molecule has 4 rings (SSSR count). The zero-order chi connectivity index (χ0) is 10.5. The first kappa shape index (κ1) is 9.14. The maximum atomic E-state index is 12.8. The standard InChI is InChI=1S/C14H15F/c1-2-7-13-8-14(9-13,10-13)11-3-5-12(15)6-4-11/h2-6H,1,7-10H2. The smallest absolute Gasteiger partial charge is 0.123 e. The van der Waals surface area contributed by atoms with Crippen molar-refractivity contribution in [1.29, 1.82) is 0 Å². The lowest BCUT2D eigenvalue weighted by molar-refractivity contribution is -0.138. The summed E-state index contributed by atoms with van der Waals surface area (Å²) in [7, 11) is 0. The molecule has 1 aromatic rings. The van der Waals surface area contributed by atoms with E-state index >= 15 is 0 Å². The van der Waals surface area contributed by atoms with Gasteiger partial charge in [-0.3, -0.25) is 0 Å². The average Bonchev–Trinajstić information content (AvgIpc) is 2.11. The van der Waals surface area contributed by atoms with Crippen LogP contribution >= 0.6 is 0 Å². The average molecular weight is 202 g/mol. The highest BCUT2D eigenvalue weighted by Crippen LogP contribution is 2.75. The Morgan fingerprint density at radius 1 is 1.20 bits per heavy atom. The maximum Gasteiger partial charge on any atom is 0.123 e. The van der Waals surface area contributed by atoms with E-state index in [1.54, 1.807) is 12.1 Å². The summed E-state index contributed by atoms with van der Waals surface area (Å²) in [6.45, 7) is 3.81. The van der Waals surface area contributed by atoms with E-state index in [0.29, 0.717) is 10.8 Å².